The van der Waals surface area contributed by atoms with Crippen LogP contribution >= 0.6 is 0 Å². The summed E-state index contributed by atoms with van der Waals surface area (Å²) in [6.45, 7) is 11.1. The zero-order chi connectivity index (χ0) is 9.12. The van der Waals surface area contributed by atoms with Crippen molar-refractivity contribution in [3.8, 4) is 6.07 Å². The number of hydrogen-bond acceptors (Lipinski definition) is 2. The lowest BCUT2D eigenvalue weighted by molar-refractivity contribution is 0.337. The quantitative estimate of drug-likeness (QED) is 0.659. The van der Waals surface area contributed by atoms with Crippen LogP contribution in [0.2, 0.25) is 0 Å². The van der Waals surface area contributed by atoms with Crippen molar-refractivity contribution in [1.29, 1.82) is 5.26 Å². The average molecular weight is 154 g/mol. The number of nitrogens with zero attached hydrogens (tertiary/aromatic N) is 1. The molecular formula is C9H18N2. The smallest absolute Gasteiger partial charge is 0.101 e. The third-order valence-corrected chi connectivity index (χ3v) is 1.34. The van der Waals surface area contributed by atoms with Crippen molar-refractivity contribution >= 4 is 0 Å². The van der Waals surface area contributed by atoms with Gasteiger partial charge < -0.3 is 0 Å². The van der Waals surface area contributed by atoms with Gasteiger partial charge in [0.15, 0.2) is 0 Å². The summed E-state index contributed by atoms with van der Waals surface area (Å²) in [6.07, 6.45) is 0. The molecule has 0 saturated carbocycles. The second-order valence-electron chi connectivity index (χ2n) is 4.65. The molecule has 11 heavy (non-hydrogen) atoms. The number of hydrogen-bond donors (Lipinski definition) is 1. The molecule has 0 spiro atoms. The van der Waals surface area contributed by atoms with Gasteiger partial charge in [-0.3, -0.25) is 5.32 Å². The lowest BCUT2D eigenvalue weighted by Gasteiger charge is -2.25. The first-order chi connectivity index (χ1) is 4.77. The highest BCUT2D eigenvalue weighted by Crippen LogP contribution is 2.12. The molecule has 0 aliphatic rings. The van der Waals surface area contributed by atoms with Gasteiger partial charge in [0.05, 0.1) is 6.07 Å². The summed E-state index contributed by atoms with van der Waals surface area (Å²) in [4.78, 5) is 0. The van der Waals surface area contributed by atoms with E-state index < -0.39 is 5.54 Å². The minimum Gasteiger partial charge on any atom is -0.299 e. The maximum Gasteiger partial charge on any atom is 0.101 e. The Morgan fingerprint density at radius 3 is 1.91 bits per heavy atom. The first-order valence-corrected chi connectivity index (χ1v) is 3.93. The molecule has 0 aliphatic carbocycles. The van der Waals surface area contributed by atoms with Gasteiger partial charge in [0.1, 0.15) is 5.54 Å². The second kappa shape index (κ2) is 3.23. The largest absolute Gasteiger partial charge is 0.299 e. The van der Waals surface area contributed by atoms with Crippen LogP contribution in [-0.4, -0.2) is 12.1 Å². The Morgan fingerprint density at radius 1 is 1.18 bits per heavy atom. The summed E-state index contributed by atoms with van der Waals surface area (Å²) < 4.78 is 0. The van der Waals surface area contributed by atoms with Crippen LogP contribution in [0.3, 0.4) is 0 Å². The minimum atomic E-state index is -0.396. The van der Waals surface area contributed by atoms with Gasteiger partial charge in [-0.1, -0.05) is 20.8 Å². The molecule has 2 nitrogen and oxygen atoms in total. The summed E-state index contributed by atoms with van der Waals surface area (Å²) >= 11 is 0. The van der Waals surface area contributed by atoms with Crippen LogP contribution in [0.4, 0.5) is 0 Å². The molecule has 0 aliphatic heterocycles. The standard InChI is InChI=1S/C9H18N2/c1-8(2,3)7-11-9(4,5)6-10/h11H,7H2,1-5H3. The van der Waals surface area contributed by atoms with Crippen LogP contribution in [0, 0.1) is 16.7 Å². The highest BCUT2D eigenvalue weighted by molar-refractivity contribution is 5.00. The van der Waals surface area contributed by atoms with E-state index in [2.05, 4.69) is 32.2 Å². The van der Waals surface area contributed by atoms with Crippen LogP contribution in [-0.2, 0) is 0 Å². The second-order valence-corrected chi connectivity index (χ2v) is 4.65. The predicted octanol–water partition coefficient (Wildman–Crippen LogP) is 1.92. The van der Waals surface area contributed by atoms with Crippen LogP contribution < -0.4 is 5.32 Å². The highest BCUT2D eigenvalue weighted by atomic mass is 15.0. The molecule has 0 aromatic heterocycles. The van der Waals surface area contributed by atoms with E-state index in [0.29, 0.717) is 0 Å². The maximum absolute atomic E-state index is 8.68. The third-order valence-electron chi connectivity index (χ3n) is 1.34. The molecule has 0 fully saturated rings. The Morgan fingerprint density at radius 2 is 1.64 bits per heavy atom. The lowest BCUT2D eigenvalue weighted by atomic mass is 9.95. The van der Waals surface area contributed by atoms with E-state index in [1.165, 1.54) is 0 Å². The van der Waals surface area contributed by atoms with Crippen LogP contribution in [0.5, 0.6) is 0 Å². The first kappa shape index (κ1) is 10.4. The lowest BCUT2D eigenvalue weighted by Crippen LogP contribution is -2.42. The Kier molecular flexibility index (Phi) is 3.07. The predicted molar refractivity (Wildman–Crippen MR) is 47.1 cm³/mol. The summed E-state index contributed by atoms with van der Waals surface area (Å²) in [5, 5.41) is 11.9. The summed E-state index contributed by atoms with van der Waals surface area (Å²) in [5.74, 6) is 0. The van der Waals surface area contributed by atoms with Gasteiger partial charge in [-0.05, 0) is 19.3 Å². The first-order valence-electron chi connectivity index (χ1n) is 3.93. The van der Waals surface area contributed by atoms with Gasteiger partial charge in [0.2, 0.25) is 0 Å². The average Bonchev–Trinajstić information content (AvgIpc) is 1.83. The Bertz CT molecular complexity index is 157. The van der Waals surface area contributed by atoms with Crippen LogP contribution in [0.15, 0.2) is 0 Å². The zero-order valence-electron chi connectivity index (χ0n) is 8.15. The highest BCUT2D eigenvalue weighted by Gasteiger charge is 2.19. The fourth-order valence-corrected chi connectivity index (χ4v) is 0.526. The van der Waals surface area contributed by atoms with Crippen molar-refractivity contribution in [2.24, 2.45) is 5.41 Å². The van der Waals surface area contributed by atoms with E-state index >= 15 is 0 Å². The molecule has 0 aromatic carbocycles. The van der Waals surface area contributed by atoms with Gasteiger partial charge in [-0.25, -0.2) is 0 Å². The zero-order valence-corrected chi connectivity index (χ0v) is 8.15. The molecule has 0 atom stereocenters. The van der Waals surface area contributed by atoms with E-state index in [9.17, 15) is 0 Å². The molecule has 0 amide bonds. The van der Waals surface area contributed by atoms with Gasteiger partial charge in [-0.15, -0.1) is 0 Å². The molecule has 0 rings (SSSR count). The topological polar surface area (TPSA) is 35.8 Å². The van der Waals surface area contributed by atoms with Crippen LogP contribution in [0.1, 0.15) is 34.6 Å². The Labute approximate surface area is 69.6 Å². The van der Waals surface area contributed by atoms with Crippen molar-refractivity contribution in [2.75, 3.05) is 6.54 Å². The van der Waals surface area contributed by atoms with E-state index in [1.807, 2.05) is 13.8 Å². The number of rotatable bonds is 2. The molecule has 0 saturated heterocycles. The van der Waals surface area contributed by atoms with Crippen molar-refractivity contribution in [3.05, 3.63) is 0 Å². The van der Waals surface area contributed by atoms with Crippen molar-refractivity contribution in [2.45, 2.75) is 40.2 Å². The van der Waals surface area contributed by atoms with E-state index in [-0.39, 0.29) is 5.41 Å². The van der Waals surface area contributed by atoms with Crippen molar-refractivity contribution in [1.82, 2.24) is 5.32 Å². The Balaban J connectivity index is 3.83. The Hall–Kier alpha value is -0.550. The maximum atomic E-state index is 8.68. The summed E-state index contributed by atoms with van der Waals surface area (Å²) in [6, 6.07) is 2.20. The molecule has 0 radical (unpaired) electrons. The SMILES string of the molecule is CC(C)(C)CNC(C)(C)C#N. The number of nitriles is 1. The van der Waals surface area contributed by atoms with Crippen molar-refractivity contribution in [3.63, 3.8) is 0 Å². The fourth-order valence-electron chi connectivity index (χ4n) is 0.526. The van der Waals surface area contributed by atoms with Gasteiger partial charge in [0, 0.05) is 6.54 Å². The molecule has 0 heterocycles. The molecular weight excluding hydrogens is 136 g/mol. The van der Waals surface area contributed by atoms with Crippen molar-refractivity contribution < 1.29 is 0 Å². The normalized spacial score (nSPS) is 12.7. The third kappa shape index (κ3) is 5.87. The van der Waals surface area contributed by atoms with Gasteiger partial charge in [-0.2, -0.15) is 5.26 Å². The van der Waals surface area contributed by atoms with Gasteiger partial charge >= 0.3 is 0 Å². The van der Waals surface area contributed by atoms with E-state index in [4.69, 9.17) is 5.26 Å². The molecule has 2 heteroatoms. The monoisotopic (exact) mass is 154 g/mol. The van der Waals surface area contributed by atoms with Crippen LogP contribution in [0.25, 0.3) is 0 Å². The fraction of sp³-hybridized carbons (Fsp3) is 0.889. The van der Waals surface area contributed by atoms with Gasteiger partial charge in [0.25, 0.3) is 0 Å². The molecule has 0 unspecified atom stereocenters. The molecule has 1 N–H and O–H groups in total. The molecule has 64 valence electrons. The van der Waals surface area contributed by atoms with E-state index in [1.54, 1.807) is 0 Å². The molecule has 0 aromatic rings. The van der Waals surface area contributed by atoms with E-state index in [0.717, 1.165) is 6.54 Å². The summed E-state index contributed by atoms with van der Waals surface area (Å²) in [7, 11) is 0. The minimum absolute atomic E-state index is 0.244. The number of nitrogens with one attached hydrogen (secondary N) is 1. The summed E-state index contributed by atoms with van der Waals surface area (Å²) in [5.41, 5.74) is -0.151. The molecule has 0 bridgehead atoms.